The highest BCUT2D eigenvalue weighted by molar-refractivity contribution is 7.15. The number of carbonyl (C=O) groups is 1. The molecule has 7 heteroatoms. The lowest BCUT2D eigenvalue weighted by Gasteiger charge is -2.18. The number of rotatable bonds is 8. The molecule has 0 atom stereocenters. The Kier molecular flexibility index (Phi) is 7.42. The Hall–Kier alpha value is -2.41. The van der Waals surface area contributed by atoms with E-state index in [2.05, 4.69) is 15.5 Å². The van der Waals surface area contributed by atoms with Gasteiger partial charge in [-0.1, -0.05) is 36.7 Å². The third kappa shape index (κ3) is 5.55. The molecule has 0 bridgehead atoms. The topological polar surface area (TPSA) is 73.3 Å². The maximum Gasteiger partial charge on any atom is 0.250 e. The van der Waals surface area contributed by atoms with Crippen LogP contribution in [-0.4, -0.2) is 29.3 Å². The van der Waals surface area contributed by atoms with E-state index in [1.54, 1.807) is 6.08 Å². The first-order chi connectivity index (χ1) is 13.7. The molecule has 0 unspecified atom stereocenters. The summed E-state index contributed by atoms with van der Waals surface area (Å²) < 4.78 is 11.2. The minimum Gasteiger partial charge on any atom is -0.490 e. The molecule has 0 aliphatic heterocycles. The molecular weight excluding hydrogens is 374 g/mol. The molecule has 0 saturated heterocycles. The summed E-state index contributed by atoms with van der Waals surface area (Å²) in [6.07, 6.45) is 9.38. The zero-order valence-corrected chi connectivity index (χ0v) is 17.3. The van der Waals surface area contributed by atoms with E-state index < -0.39 is 0 Å². The van der Waals surface area contributed by atoms with Crippen molar-refractivity contribution in [3.63, 3.8) is 0 Å². The molecule has 1 N–H and O–H groups in total. The number of benzene rings is 1. The van der Waals surface area contributed by atoms with Gasteiger partial charge in [-0.25, -0.2) is 0 Å². The van der Waals surface area contributed by atoms with Gasteiger partial charge in [-0.15, -0.1) is 10.2 Å². The molecule has 1 aromatic carbocycles. The van der Waals surface area contributed by atoms with Crippen molar-refractivity contribution in [2.45, 2.75) is 51.9 Å². The lowest BCUT2D eigenvalue weighted by atomic mass is 9.90. The Bertz CT molecular complexity index is 813. The molecular formula is C21H27N3O3S. The van der Waals surface area contributed by atoms with Crippen molar-refractivity contribution in [3.05, 3.63) is 34.8 Å². The van der Waals surface area contributed by atoms with Gasteiger partial charge in [0.25, 0.3) is 0 Å². The van der Waals surface area contributed by atoms with Gasteiger partial charge in [0.05, 0.1) is 13.2 Å². The van der Waals surface area contributed by atoms with Crippen LogP contribution in [0.5, 0.6) is 11.5 Å². The second-order valence-corrected chi connectivity index (χ2v) is 7.68. The van der Waals surface area contributed by atoms with E-state index >= 15 is 0 Å². The molecule has 3 rings (SSSR count). The first-order valence-electron chi connectivity index (χ1n) is 9.91. The van der Waals surface area contributed by atoms with Crippen molar-refractivity contribution in [2.24, 2.45) is 0 Å². The van der Waals surface area contributed by atoms with Crippen molar-refractivity contribution in [1.29, 1.82) is 0 Å². The zero-order chi connectivity index (χ0) is 19.8. The molecule has 1 aromatic heterocycles. The fourth-order valence-corrected chi connectivity index (χ4v) is 4.21. The van der Waals surface area contributed by atoms with Crippen molar-refractivity contribution in [3.8, 4) is 11.5 Å². The van der Waals surface area contributed by atoms with E-state index in [4.69, 9.17) is 9.47 Å². The van der Waals surface area contributed by atoms with Crippen LogP contribution in [0.25, 0.3) is 6.08 Å². The molecule has 1 heterocycles. The van der Waals surface area contributed by atoms with Crippen LogP contribution in [0.1, 0.15) is 62.4 Å². The molecule has 0 radical (unpaired) electrons. The maximum absolute atomic E-state index is 12.2. The highest BCUT2D eigenvalue weighted by atomic mass is 32.1. The summed E-state index contributed by atoms with van der Waals surface area (Å²) in [5.74, 6) is 1.65. The molecule has 1 saturated carbocycles. The van der Waals surface area contributed by atoms with Gasteiger partial charge < -0.3 is 9.47 Å². The lowest BCUT2D eigenvalue weighted by Crippen LogP contribution is -2.07. The Morgan fingerprint density at radius 2 is 1.89 bits per heavy atom. The highest BCUT2D eigenvalue weighted by Crippen LogP contribution is 2.35. The standard InChI is InChI=1S/C21H27N3O3S/c1-3-26-17-12-10-15(14-18(17)27-4-2)11-13-19(25)22-21-24-23-20(28-21)16-8-6-5-7-9-16/h10-14,16H,3-9H2,1-2H3,(H,22,24,25)/b13-11+. The quantitative estimate of drug-likeness (QED) is 0.628. The van der Waals surface area contributed by atoms with Gasteiger partial charge in [0, 0.05) is 12.0 Å². The molecule has 150 valence electrons. The molecule has 28 heavy (non-hydrogen) atoms. The van der Waals surface area contributed by atoms with Gasteiger partial charge in [-0.05, 0) is 50.5 Å². The zero-order valence-electron chi connectivity index (χ0n) is 16.4. The number of aromatic nitrogens is 2. The van der Waals surface area contributed by atoms with Gasteiger partial charge in [0.2, 0.25) is 11.0 Å². The predicted octanol–water partition coefficient (Wildman–Crippen LogP) is 5.04. The summed E-state index contributed by atoms with van der Waals surface area (Å²) in [4.78, 5) is 12.2. The molecule has 1 aliphatic rings. The molecule has 6 nitrogen and oxygen atoms in total. The fourth-order valence-electron chi connectivity index (χ4n) is 3.29. The summed E-state index contributed by atoms with van der Waals surface area (Å²) in [5.41, 5.74) is 0.863. The van der Waals surface area contributed by atoms with Crippen LogP contribution in [0, 0.1) is 0 Å². The summed E-state index contributed by atoms with van der Waals surface area (Å²) in [5, 5.41) is 12.8. The Morgan fingerprint density at radius 3 is 2.64 bits per heavy atom. The summed E-state index contributed by atoms with van der Waals surface area (Å²) in [6.45, 7) is 4.98. The van der Waals surface area contributed by atoms with Gasteiger partial charge in [0.1, 0.15) is 5.01 Å². The number of nitrogens with one attached hydrogen (secondary N) is 1. The number of hydrogen-bond acceptors (Lipinski definition) is 6. The second-order valence-electron chi connectivity index (χ2n) is 6.68. The third-order valence-electron chi connectivity index (χ3n) is 4.62. The van der Waals surface area contributed by atoms with E-state index in [9.17, 15) is 4.79 Å². The smallest absolute Gasteiger partial charge is 0.250 e. The third-order valence-corrected chi connectivity index (χ3v) is 5.62. The van der Waals surface area contributed by atoms with Crippen LogP contribution in [0.3, 0.4) is 0 Å². The number of amides is 1. The maximum atomic E-state index is 12.2. The van der Waals surface area contributed by atoms with E-state index in [1.165, 1.54) is 49.5 Å². The molecule has 0 spiro atoms. The van der Waals surface area contributed by atoms with Crippen LogP contribution in [0.2, 0.25) is 0 Å². The molecule has 1 fully saturated rings. The van der Waals surface area contributed by atoms with Crippen LogP contribution in [0.15, 0.2) is 24.3 Å². The molecule has 1 amide bonds. The number of carbonyl (C=O) groups excluding carboxylic acids is 1. The number of hydrogen-bond donors (Lipinski definition) is 1. The Balaban J connectivity index is 1.60. The van der Waals surface area contributed by atoms with Crippen LogP contribution >= 0.6 is 11.3 Å². The summed E-state index contributed by atoms with van der Waals surface area (Å²) >= 11 is 1.48. The largest absolute Gasteiger partial charge is 0.490 e. The average molecular weight is 402 g/mol. The Morgan fingerprint density at radius 1 is 1.14 bits per heavy atom. The number of ether oxygens (including phenoxy) is 2. The van der Waals surface area contributed by atoms with Crippen molar-refractivity contribution in [2.75, 3.05) is 18.5 Å². The Labute approximate surface area is 170 Å². The van der Waals surface area contributed by atoms with Crippen molar-refractivity contribution >= 4 is 28.5 Å². The van der Waals surface area contributed by atoms with Crippen LogP contribution in [0.4, 0.5) is 5.13 Å². The summed E-state index contributed by atoms with van der Waals surface area (Å²) in [7, 11) is 0. The first-order valence-corrected chi connectivity index (χ1v) is 10.7. The van der Waals surface area contributed by atoms with Gasteiger partial charge >= 0.3 is 0 Å². The minimum atomic E-state index is -0.224. The number of nitrogens with zero attached hydrogens (tertiary/aromatic N) is 2. The monoisotopic (exact) mass is 401 g/mol. The second kappa shape index (κ2) is 10.2. The van der Waals surface area contributed by atoms with E-state index in [0.29, 0.717) is 35.8 Å². The lowest BCUT2D eigenvalue weighted by molar-refractivity contribution is -0.111. The van der Waals surface area contributed by atoms with E-state index in [-0.39, 0.29) is 5.91 Å². The fraction of sp³-hybridized carbons (Fsp3) is 0.476. The van der Waals surface area contributed by atoms with Crippen LogP contribution < -0.4 is 14.8 Å². The average Bonchev–Trinajstić information content (AvgIpc) is 3.17. The summed E-state index contributed by atoms with van der Waals surface area (Å²) in [6, 6.07) is 5.61. The number of anilines is 1. The molecule has 2 aromatic rings. The van der Waals surface area contributed by atoms with Gasteiger partial charge in [0.15, 0.2) is 11.5 Å². The predicted molar refractivity (Wildman–Crippen MR) is 112 cm³/mol. The van der Waals surface area contributed by atoms with E-state index in [1.807, 2.05) is 32.0 Å². The minimum absolute atomic E-state index is 0.224. The highest BCUT2D eigenvalue weighted by Gasteiger charge is 2.20. The van der Waals surface area contributed by atoms with Gasteiger partial charge in [-0.2, -0.15) is 0 Å². The van der Waals surface area contributed by atoms with E-state index in [0.717, 1.165) is 10.6 Å². The SMILES string of the molecule is CCOc1ccc(/C=C/C(=O)Nc2nnc(C3CCCCC3)s2)cc1OCC. The normalized spacial score (nSPS) is 14.9. The van der Waals surface area contributed by atoms with Crippen molar-refractivity contribution < 1.29 is 14.3 Å². The van der Waals surface area contributed by atoms with Crippen LogP contribution in [-0.2, 0) is 4.79 Å². The van der Waals surface area contributed by atoms with Crippen molar-refractivity contribution in [1.82, 2.24) is 10.2 Å². The first kappa shape index (κ1) is 20.3. The van der Waals surface area contributed by atoms with Gasteiger partial charge in [-0.3, -0.25) is 10.1 Å². The molecule has 1 aliphatic carbocycles.